The second kappa shape index (κ2) is 12.8. The fraction of sp³-hybridized carbons (Fsp3) is 0.300. The van der Waals surface area contributed by atoms with Crippen molar-refractivity contribution in [1.29, 1.82) is 0 Å². The lowest BCUT2D eigenvalue weighted by atomic mass is 10.1. The predicted octanol–water partition coefficient (Wildman–Crippen LogP) is 4.33. The molecule has 1 heterocycles. The number of hydrogen-bond acceptors (Lipinski definition) is 5. The van der Waals surface area contributed by atoms with Crippen molar-refractivity contribution in [2.45, 2.75) is 33.2 Å². The molecule has 2 N–H and O–H groups in total. The van der Waals surface area contributed by atoms with E-state index in [1.54, 1.807) is 53.4 Å². The summed E-state index contributed by atoms with van der Waals surface area (Å²) in [7, 11) is 0. The van der Waals surface area contributed by atoms with Crippen LogP contribution in [0.4, 0.5) is 11.4 Å². The molecule has 0 saturated carbocycles. The Morgan fingerprint density at radius 2 is 1.50 bits per heavy atom. The fourth-order valence-electron chi connectivity index (χ4n) is 4.23. The van der Waals surface area contributed by atoms with E-state index in [0.29, 0.717) is 36.8 Å². The zero-order valence-corrected chi connectivity index (χ0v) is 21.7. The Kier molecular flexibility index (Phi) is 8.98. The van der Waals surface area contributed by atoms with Crippen LogP contribution in [0.2, 0.25) is 0 Å². The number of amides is 3. The lowest BCUT2D eigenvalue weighted by Crippen LogP contribution is -2.32. The maximum atomic E-state index is 12.7. The molecule has 0 bridgehead atoms. The molecule has 8 nitrogen and oxygen atoms in total. The van der Waals surface area contributed by atoms with E-state index in [9.17, 15) is 14.4 Å². The molecule has 3 amide bonds. The standard InChI is InChI=1S/C30H33N3O5/c1-3-21-5-7-22(8-6-21)18-31-30(36)23-17-29(35)33(19-23)25-11-15-27(16-12-25)38-20-28(34)32-24-9-13-26(14-10-24)37-4-2/h5-16,23H,3-4,17-20H2,1-2H3,(H,31,36)(H,32,34)/t23-/m1/s1. The number of nitrogens with zero attached hydrogens (tertiary/aromatic N) is 1. The molecule has 0 spiro atoms. The SMILES string of the molecule is CCOc1ccc(NC(=O)COc2ccc(N3C[C@H](C(=O)NCc4ccc(CC)cc4)CC3=O)cc2)cc1. The molecule has 1 saturated heterocycles. The van der Waals surface area contributed by atoms with E-state index in [2.05, 4.69) is 29.7 Å². The van der Waals surface area contributed by atoms with E-state index < -0.39 is 5.92 Å². The molecular formula is C30H33N3O5. The molecule has 0 radical (unpaired) electrons. The molecule has 0 aromatic heterocycles. The summed E-state index contributed by atoms with van der Waals surface area (Å²) in [5.74, 6) is 0.330. The number of aryl methyl sites for hydroxylation is 1. The van der Waals surface area contributed by atoms with Crippen LogP contribution in [0.25, 0.3) is 0 Å². The largest absolute Gasteiger partial charge is 0.494 e. The highest BCUT2D eigenvalue weighted by Crippen LogP contribution is 2.27. The monoisotopic (exact) mass is 515 g/mol. The molecule has 1 fully saturated rings. The Morgan fingerprint density at radius 1 is 0.868 bits per heavy atom. The third kappa shape index (κ3) is 7.12. The maximum Gasteiger partial charge on any atom is 0.262 e. The number of rotatable bonds is 11. The minimum atomic E-state index is -0.403. The second-order valence-electron chi connectivity index (χ2n) is 9.08. The van der Waals surface area contributed by atoms with Crippen molar-refractivity contribution in [2.24, 2.45) is 5.92 Å². The quantitative estimate of drug-likeness (QED) is 0.396. The first-order valence-electron chi connectivity index (χ1n) is 12.9. The molecule has 4 rings (SSSR count). The van der Waals surface area contributed by atoms with Crippen LogP contribution in [0.3, 0.4) is 0 Å². The summed E-state index contributed by atoms with van der Waals surface area (Å²) in [6, 6.07) is 22.2. The van der Waals surface area contributed by atoms with E-state index in [4.69, 9.17) is 9.47 Å². The molecule has 0 aliphatic carbocycles. The average molecular weight is 516 g/mol. The number of carbonyl (C=O) groups is 3. The van der Waals surface area contributed by atoms with Crippen LogP contribution in [-0.2, 0) is 27.3 Å². The normalized spacial score (nSPS) is 14.7. The summed E-state index contributed by atoms with van der Waals surface area (Å²) >= 11 is 0. The lowest BCUT2D eigenvalue weighted by molar-refractivity contribution is -0.126. The number of anilines is 2. The Balaban J connectivity index is 1.24. The predicted molar refractivity (Wildman–Crippen MR) is 146 cm³/mol. The van der Waals surface area contributed by atoms with Gasteiger partial charge in [0.2, 0.25) is 11.8 Å². The first kappa shape index (κ1) is 26.7. The summed E-state index contributed by atoms with van der Waals surface area (Å²) in [4.78, 5) is 39.2. The number of hydrogen-bond donors (Lipinski definition) is 2. The van der Waals surface area contributed by atoms with Crippen LogP contribution in [0, 0.1) is 5.92 Å². The van der Waals surface area contributed by atoms with Crippen LogP contribution < -0.4 is 25.0 Å². The molecule has 3 aromatic rings. The van der Waals surface area contributed by atoms with Gasteiger partial charge in [-0.3, -0.25) is 14.4 Å². The van der Waals surface area contributed by atoms with Crippen molar-refractivity contribution < 1.29 is 23.9 Å². The van der Waals surface area contributed by atoms with Gasteiger partial charge in [-0.2, -0.15) is 0 Å². The topological polar surface area (TPSA) is 97.0 Å². The molecule has 198 valence electrons. The van der Waals surface area contributed by atoms with Crippen LogP contribution in [-0.4, -0.2) is 37.5 Å². The van der Waals surface area contributed by atoms with Crippen LogP contribution in [0.5, 0.6) is 11.5 Å². The highest BCUT2D eigenvalue weighted by Gasteiger charge is 2.35. The lowest BCUT2D eigenvalue weighted by Gasteiger charge is -2.17. The first-order valence-corrected chi connectivity index (χ1v) is 12.9. The highest BCUT2D eigenvalue weighted by atomic mass is 16.5. The molecule has 3 aromatic carbocycles. The highest BCUT2D eigenvalue weighted by molar-refractivity contribution is 6.00. The van der Waals surface area contributed by atoms with Crippen LogP contribution >= 0.6 is 0 Å². The zero-order valence-electron chi connectivity index (χ0n) is 21.7. The van der Waals surface area contributed by atoms with Gasteiger partial charge in [-0.1, -0.05) is 31.2 Å². The summed E-state index contributed by atoms with van der Waals surface area (Å²) in [5.41, 5.74) is 3.62. The second-order valence-corrected chi connectivity index (χ2v) is 9.08. The Bertz CT molecular complexity index is 1240. The van der Waals surface area contributed by atoms with Crippen molar-refractivity contribution in [3.05, 3.63) is 83.9 Å². The average Bonchev–Trinajstić information content (AvgIpc) is 3.34. The summed E-state index contributed by atoms with van der Waals surface area (Å²) in [5, 5.41) is 5.73. The molecule has 1 atom stereocenters. The molecule has 1 aliphatic rings. The number of benzene rings is 3. The maximum absolute atomic E-state index is 12.7. The van der Waals surface area contributed by atoms with E-state index >= 15 is 0 Å². The third-order valence-corrected chi connectivity index (χ3v) is 6.36. The van der Waals surface area contributed by atoms with E-state index in [0.717, 1.165) is 17.7 Å². The van der Waals surface area contributed by atoms with Crippen molar-refractivity contribution in [2.75, 3.05) is 30.0 Å². The van der Waals surface area contributed by atoms with E-state index in [-0.39, 0.29) is 30.7 Å². The molecule has 1 aliphatic heterocycles. The van der Waals surface area contributed by atoms with Gasteiger partial charge in [-0.15, -0.1) is 0 Å². The summed E-state index contributed by atoms with van der Waals surface area (Å²) in [6.07, 6.45) is 1.14. The Labute approximate surface area is 222 Å². The Hall–Kier alpha value is -4.33. The number of nitrogens with one attached hydrogen (secondary N) is 2. The van der Waals surface area contributed by atoms with E-state index in [1.807, 2.05) is 19.1 Å². The molecule has 38 heavy (non-hydrogen) atoms. The van der Waals surface area contributed by atoms with Gasteiger partial charge in [0.05, 0.1) is 12.5 Å². The van der Waals surface area contributed by atoms with Crippen molar-refractivity contribution in [3.8, 4) is 11.5 Å². The van der Waals surface area contributed by atoms with Crippen molar-refractivity contribution in [3.63, 3.8) is 0 Å². The third-order valence-electron chi connectivity index (χ3n) is 6.36. The first-order chi connectivity index (χ1) is 18.4. The zero-order chi connectivity index (χ0) is 26.9. The minimum absolute atomic E-state index is 0.0964. The van der Waals surface area contributed by atoms with Gasteiger partial charge in [0.15, 0.2) is 6.61 Å². The van der Waals surface area contributed by atoms with Gasteiger partial charge in [-0.25, -0.2) is 0 Å². The van der Waals surface area contributed by atoms with Crippen LogP contribution in [0.1, 0.15) is 31.4 Å². The number of carbonyl (C=O) groups excluding carboxylic acids is 3. The van der Waals surface area contributed by atoms with E-state index in [1.165, 1.54) is 5.56 Å². The van der Waals surface area contributed by atoms with Gasteiger partial charge in [-0.05, 0) is 73.0 Å². The minimum Gasteiger partial charge on any atom is -0.494 e. The molecular weight excluding hydrogens is 482 g/mol. The van der Waals surface area contributed by atoms with Gasteiger partial charge >= 0.3 is 0 Å². The molecule has 8 heteroatoms. The van der Waals surface area contributed by atoms with Crippen molar-refractivity contribution in [1.82, 2.24) is 5.32 Å². The van der Waals surface area contributed by atoms with Gasteiger partial charge < -0.3 is 25.0 Å². The Morgan fingerprint density at radius 3 is 2.16 bits per heavy atom. The smallest absolute Gasteiger partial charge is 0.262 e. The number of ether oxygens (including phenoxy) is 2. The molecule has 0 unspecified atom stereocenters. The van der Waals surface area contributed by atoms with Gasteiger partial charge in [0.25, 0.3) is 5.91 Å². The van der Waals surface area contributed by atoms with Crippen molar-refractivity contribution >= 4 is 29.1 Å². The summed E-state index contributed by atoms with van der Waals surface area (Å²) < 4.78 is 11.0. The fourth-order valence-corrected chi connectivity index (χ4v) is 4.23. The van der Waals surface area contributed by atoms with Gasteiger partial charge in [0, 0.05) is 30.9 Å². The van der Waals surface area contributed by atoms with Crippen LogP contribution in [0.15, 0.2) is 72.8 Å². The van der Waals surface area contributed by atoms with Gasteiger partial charge in [0.1, 0.15) is 11.5 Å². The summed E-state index contributed by atoms with van der Waals surface area (Å²) in [6.45, 7) is 5.20.